The first-order valence-corrected chi connectivity index (χ1v) is 10.3. The van der Waals surface area contributed by atoms with Gasteiger partial charge in [0.25, 0.3) is 0 Å². The highest BCUT2D eigenvalue weighted by Gasteiger charge is 2.13. The molecule has 3 rings (SSSR count). The maximum atomic E-state index is 12.2. The molecule has 0 spiro atoms. The zero-order valence-corrected chi connectivity index (χ0v) is 17.3. The van der Waals surface area contributed by atoms with Crippen molar-refractivity contribution in [3.63, 3.8) is 0 Å². The highest BCUT2D eigenvalue weighted by Crippen LogP contribution is 2.36. The number of nitrogens with two attached hydrogens (primary N) is 1. The van der Waals surface area contributed by atoms with E-state index in [1.807, 2.05) is 36.4 Å². The van der Waals surface area contributed by atoms with Gasteiger partial charge in [0.2, 0.25) is 5.91 Å². The second-order valence-corrected chi connectivity index (χ2v) is 7.48. The Labute approximate surface area is 174 Å². The molecule has 0 aliphatic carbocycles. The summed E-state index contributed by atoms with van der Waals surface area (Å²) in [6.07, 6.45) is 0.244. The van der Waals surface area contributed by atoms with Crippen LogP contribution in [0.2, 0.25) is 0 Å². The lowest BCUT2D eigenvalue weighted by molar-refractivity contribution is -0.120. The monoisotopic (exact) mass is 414 g/mol. The van der Waals surface area contributed by atoms with Crippen molar-refractivity contribution in [1.29, 1.82) is 0 Å². The van der Waals surface area contributed by atoms with E-state index in [1.165, 1.54) is 11.3 Å². The van der Waals surface area contributed by atoms with Crippen molar-refractivity contribution in [3.8, 4) is 16.9 Å². The van der Waals surface area contributed by atoms with Gasteiger partial charge in [-0.2, -0.15) is 0 Å². The molecule has 154 valence electrons. The Hall–Kier alpha value is -2.52. The number of nitrogens with one attached hydrogen (secondary N) is 2. The van der Waals surface area contributed by atoms with Gasteiger partial charge in [-0.3, -0.25) is 10.1 Å². The molecule has 0 aliphatic heterocycles. The molecular weight excluding hydrogens is 388 g/mol. The zero-order valence-electron chi connectivity index (χ0n) is 16.4. The largest absolute Gasteiger partial charge is 0.496 e. The molecule has 0 saturated heterocycles. The fourth-order valence-electron chi connectivity index (χ4n) is 2.87. The number of benzene rings is 2. The number of rotatable bonds is 11. The van der Waals surface area contributed by atoms with E-state index in [0.717, 1.165) is 32.1 Å². The van der Waals surface area contributed by atoms with Gasteiger partial charge in [0.15, 0.2) is 0 Å². The van der Waals surface area contributed by atoms with E-state index in [-0.39, 0.29) is 12.3 Å². The maximum Gasteiger partial charge on any atom is 0.226 e. The van der Waals surface area contributed by atoms with E-state index in [2.05, 4.69) is 21.7 Å². The summed E-state index contributed by atoms with van der Waals surface area (Å²) in [6.45, 7) is 2.61. The number of nitrogens with zero attached hydrogens (tertiary/aromatic N) is 1. The molecule has 0 saturated carbocycles. The van der Waals surface area contributed by atoms with Crippen molar-refractivity contribution in [2.75, 3.05) is 40.1 Å². The van der Waals surface area contributed by atoms with E-state index in [1.54, 1.807) is 7.11 Å². The zero-order chi connectivity index (χ0) is 20.5. The molecule has 7 nitrogen and oxygen atoms in total. The average Bonchev–Trinajstić information content (AvgIpc) is 3.13. The molecule has 0 radical (unpaired) electrons. The number of methoxy groups -OCH3 is 1. The quantitative estimate of drug-likeness (QED) is 0.329. The van der Waals surface area contributed by atoms with E-state index >= 15 is 0 Å². The maximum absolute atomic E-state index is 12.2. The number of ether oxygens (including phenoxy) is 2. The van der Waals surface area contributed by atoms with Crippen LogP contribution in [-0.4, -0.2) is 51.0 Å². The second kappa shape index (κ2) is 10.9. The van der Waals surface area contributed by atoms with Crippen molar-refractivity contribution in [1.82, 2.24) is 15.6 Å². The molecule has 0 fully saturated rings. The van der Waals surface area contributed by atoms with Gasteiger partial charge in [-0.15, -0.1) is 11.3 Å². The van der Waals surface area contributed by atoms with Crippen molar-refractivity contribution in [2.24, 2.45) is 5.73 Å². The summed E-state index contributed by atoms with van der Waals surface area (Å²) in [4.78, 5) is 16.8. The number of thiazole rings is 1. The number of hydrogen-bond acceptors (Lipinski definition) is 7. The molecular formula is C21H26N4O3S. The van der Waals surface area contributed by atoms with E-state index in [9.17, 15) is 4.79 Å². The molecule has 0 bridgehead atoms. The molecule has 1 heterocycles. The third-order valence-corrected chi connectivity index (χ3v) is 5.26. The fourth-order valence-corrected chi connectivity index (χ4v) is 3.86. The lowest BCUT2D eigenvalue weighted by atomic mass is 10.0. The summed E-state index contributed by atoms with van der Waals surface area (Å²) < 4.78 is 11.9. The minimum absolute atomic E-state index is 0.0715. The van der Waals surface area contributed by atoms with E-state index in [4.69, 9.17) is 15.2 Å². The van der Waals surface area contributed by atoms with Crippen molar-refractivity contribution in [3.05, 3.63) is 47.5 Å². The van der Waals surface area contributed by atoms with Gasteiger partial charge in [-0.05, 0) is 11.6 Å². The van der Waals surface area contributed by atoms with Gasteiger partial charge in [-0.25, -0.2) is 4.98 Å². The highest BCUT2D eigenvalue weighted by atomic mass is 32.1. The Kier molecular flexibility index (Phi) is 7.94. The van der Waals surface area contributed by atoms with Crippen LogP contribution in [-0.2, 0) is 16.0 Å². The summed E-state index contributed by atoms with van der Waals surface area (Å²) in [5.74, 6) is 0.697. The van der Waals surface area contributed by atoms with Crippen LogP contribution in [0, 0.1) is 0 Å². The van der Waals surface area contributed by atoms with Gasteiger partial charge in [0, 0.05) is 31.3 Å². The molecule has 2 aromatic carbocycles. The molecule has 3 aromatic rings. The van der Waals surface area contributed by atoms with Gasteiger partial charge >= 0.3 is 0 Å². The minimum Gasteiger partial charge on any atom is -0.496 e. The number of amides is 1. The van der Waals surface area contributed by atoms with Crippen LogP contribution in [0.1, 0.15) is 5.01 Å². The predicted molar refractivity (Wildman–Crippen MR) is 116 cm³/mol. The van der Waals surface area contributed by atoms with Crippen molar-refractivity contribution >= 4 is 27.5 Å². The Morgan fingerprint density at radius 1 is 1.21 bits per heavy atom. The lowest BCUT2D eigenvalue weighted by Crippen LogP contribution is -2.31. The molecule has 0 atom stereocenters. The normalized spacial score (nSPS) is 11.0. The molecule has 0 unspecified atom stereocenters. The van der Waals surface area contributed by atoms with Crippen LogP contribution in [0.5, 0.6) is 5.75 Å². The number of fused-ring (bicyclic) bond motifs is 1. The highest BCUT2D eigenvalue weighted by molar-refractivity contribution is 7.18. The molecule has 1 aromatic heterocycles. The van der Waals surface area contributed by atoms with Crippen LogP contribution in [0.3, 0.4) is 0 Å². The third-order valence-electron chi connectivity index (χ3n) is 4.24. The Balaban J connectivity index is 1.60. The fraction of sp³-hybridized carbons (Fsp3) is 0.333. The molecule has 29 heavy (non-hydrogen) atoms. The average molecular weight is 415 g/mol. The van der Waals surface area contributed by atoms with Gasteiger partial charge in [0.1, 0.15) is 10.8 Å². The Morgan fingerprint density at radius 2 is 2.03 bits per heavy atom. The summed E-state index contributed by atoms with van der Waals surface area (Å²) in [5, 5.41) is 6.65. The summed E-state index contributed by atoms with van der Waals surface area (Å²) in [5.41, 5.74) is 8.31. The van der Waals surface area contributed by atoms with E-state index in [0.29, 0.717) is 33.0 Å². The van der Waals surface area contributed by atoms with Crippen LogP contribution < -0.4 is 21.1 Å². The SMILES string of the molecule is COc1cc2nc(CC(=O)NCCOCNCCN)sc2cc1-c1ccccc1. The second-order valence-electron chi connectivity index (χ2n) is 6.36. The molecule has 4 N–H and O–H groups in total. The summed E-state index contributed by atoms with van der Waals surface area (Å²) in [6, 6.07) is 14.1. The van der Waals surface area contributed by atoms with E-state index < -0.39 is 0 Å². The predicted octanol–water partition coefficient (Wildman–Crippen LogP) is 2.15. The van der Waals surface area contributed by atoms with Crippen LogP contribution in [0.4, 0.5) is 0 Å². The standard InChI is InChI=1S/C21H26N4O3S/c1-27-18-12-17-19(11-16(18)15-5-3-2-4-6-15)29-21(25-17)13-20(26)24-9-10-28-14-23-8-7-22/h2-6,11-12,23H,7-10,13-14,22H2,1H3,(H,24,26). The number of carbonyl (C=O) groups is 1. The first-order valence-electron chi connectivity index (χ1n) is 9.49. The van der Waals surface area contributed by atoms with Crippen molar-refractivity contribution < 1.29 is 14.3 Å². The number of hydrogen-bond donors (Lipinski definition) is 3. The number of carbonyl (C=O) groups excluding carboxylic acids is 1. The Bertz CT molecular complexity index is 930. The van der Waals surface area contributed by atoms with Gasteiger partial charge < -0.3 is 20.5 Å². The third kappa shape index (κ3) is 5.98. The van der Waals surface area contributed by atoms with Crippen LogP contribution in [0.15, 0.2) is 42.5 Å². The molecule has 1 amide bonds. The van der Waals surface area contributed by atoms with Gasteiger partial charge in [0.05, 0.1) is 37.1 Å². The van der Waals surface area contributed by atoms with Crippen LogP contribution in [0.25, 0.3) is 21.3 Å². The molecule has 8 heteroatoms. The Morgan fingerprint density at radius 3 is 2.79 bits per heavy atom. The minimum atomic E-state index is -0.0715. The van der Waals surface area contributed by atoms with Gasteiger partial charge in [-0.1, -0.05) is 30.3 Å². The summed E-state index contributed by atoms with van der Waals surface area (Å²) in [7, 11) is 1.65. The first-order chi connectivity index (χ1) is 14.2. The smallest absolute Gasteiger partial charge is 0.226 e. The summed E-state index contributed by atoms with van der Waals surface area (Å²) >= 11 is 1.53. The van der Waals surface area contributed by atoms with Crippen LogP contribution >= 0.6 is 11.3 Å². The first kappa shape index (κ1) is 21.2. The molecule has 0 aliphatic rings. The lowest BCUT2D eigenvalue weighted by Gasteiger charge is -2.08. The number of aromatic nitrogens is 1. The topological polar surface area (TPSA) is 98.5 Å². The van der Waals surface area contributed by atoms with Crippen molar-refractivity contribution in [2.45, 2.75) is 6.42 Å².